The van der Waals surface area contributed by atoms with Crippen molar-refractivity contribution in [1.82, 2.24) is 19.6 Å². The monoisotopic (exact) mass is 246 g/mol. The van der Waals surface area contributed by atoms with Gasteiger partial charge in [0, 0.05) is 25.8 Å². The van der Waals surface area contributed by atoms with Crippen LogP contribution < -0.4 is 10.0 Å². The zero-order valence-electron chi connectivity index (χ0n) is 9.60. The zero-order chi connectivity index (χ0) is 12.0. The number of aromatic nitrogens is 2. The Hall–Kier alpha value is -0.920. The summed E-state index contributed by atoms with van der Waals surface area (Å²) in [5, 5.41) is 3.05. The fraction of sp³-hybridized carbons (Fsp3) is 0.667. The predicted octanol–water partition coefficient (Wildman–Crippen LogP) is -0.458. The summed E-state index contributed by atoms with van der Waals surface area (Å²) < 4.78 is 26.1. The third-order valence-electron chi connectivity index (χ3n) is 2.10. The standard InChI is InChI=1S/C9H18N4O2S/c1-10-6-9-7-11-8-13(9)5-3-4-12-16(2,14)15/h7-8,10,12H,3-6H2,1-2H3. The molecule has 0 aromatic carbocycles. The third-order valence-corrected chi connectivity index (χ3v) is 2.82. The molecule has 0 aliphatic carbocycles. The molecular formula is C9H18N4O2S. The lowest BCUT2D eigenvalue weighted by atomic mass is 10.4. The number of rotatable bonds is 7. The van der Waals surface area contributed by atoms with Crippen molar-refractivity contribution < 1.29 is 8.42 Å². The molecule has 0 aliphatic heterocycles. The fourth-order valence-electron chi connectivity index (χ4n) is 1.38. The first-order valence-corrected chi connectivity index (χ1v) is 7.00. The summed E-state index contributed by atoms with van der Waals surface area (Å²) in [5.74, 6) is 0. The van der Waals surface area contributed by atoms with Gasteiger partial charge in [-0.25, -0.2) is 18.1 Å². The highest BCUT2D eigenvalue weighted by molar-refractivity contribution is 7.88. The van der Waals surface area contributed by atoms with Gasteiger partial charge in [-0.2, -0.15) is 0 Å². The van der Waals surface area contributed by atoms with Gasteiger partial charge in [0.1, 0.15) is 0 Å². The maximum atomic E-state index is 10.8. The summed E-state index contributed by atoms with van der Waals surface area (Å²) >= 11 is 0. The van der Waals surface area contributed by atoms with E-state index in [1.165, 1.54) is 0 Å². The van der Waals surface area contributed by atoms with Gasteiger partial charge in [0.25, 0.3) is 0 Å². The van der Waals surface area contributed by atoms with E-state index in [4.69, 9.17) is 0 Å². The van der Waals surface area contributed by atoms with Gasteiger partial charge < -0.3 is 9.88 Å². The molecule has 1 aromatic heterocycles. The molecule has 1 heterocycles. The van der Waals surface area contributed by atoms with Gasteiger partial charge in [0.15, 0.2) is 0 Å². The summed E-state index contributed by atoms with van der Waals surface area (Å²) in [6.07, 6.45) is 5.48. The summed E-state index contributed by atoms with van der Waals surface area (Å²) in [7, 11) is -1.20. The number of nitrogens with one attached hydrogen (secondary N) is 2. The van der Waals surface area contributed by atoms with E-state index < -0.39 is 10.0 Å². The Kier molecular flexibility index (Phi) is 4.91. The quantitative estimate of drug-likeness (QED) is 0.638. The van der Waals surface area contributed by atoms with Crippen molar-refractivity contribution in [2.45, 2.75) is 19.5 Å². The summed E-state index contributed by atoms with van der Waals surface area (Å²) in [4.78, 5) is 4.05. The normalized spacial score (nSPS) is 11.9. The topological polar surface area (TPSA) is 76.0 Å². The van der Waals surface area contributed by atoms with Crippen LogP contribution in [0.25, 0.3) is 0 Å². The molecule has 1 rings (SSSR count). The van der Waals surface area contributed by atoms with E-state index in [1.807, 2.05) is 11.6 Å². The van der Waals surface area contributed by atoms with Crippen molar-refractivity contribution in [3.05, 3.63) is 18.2 Å². The van der Waals surface area contributed by atoms with Crippen molar-refractivity contribution in [3.63, 3.8) is 0 Å². The molecule has 0 fully saturated rings. The maximum Gasteiger partial charge on any atom is 0.208 e. The SMILES string of the molecule is CNCc1cncn1CCCNS(C)(=O)=O. The molecule has 0 saturated carbocycles. The van der Waals surface area contributed by atoms with E-state index in [-0.39, 0.29) is 0 Å². The van der Waals surface area contributed by atoms with Crippen LogP contribution in [0.15, 0.2) is 12.5 Å². The molecule has 0 amide bonds. The minimum absolute atomic E-state index is 0.454. The molecular weight excluding hydrogens is 228 g/mol. The van der Waals surface area contributed by atoms with Crippen LogP contribution in [0.3, 0.4) is 0 Å². The number of imidazole rings is 1. The highest BCUT2D eigenvalue weighted by Gasteiger charge is 2.02. The molecule has 1 aromatic rings. The van der Waals surface area contributed by atoms with Gasteiger partial charge in [-0.15, -0.1) is 0 Å². The first-order valence-electron chi connectivity index (χ1n) is 5.11. The molecule has 6 nitrogen and oxygen atoms in total. The number of hydrogen-bond donors (Lipinski definition) is 2. The van der Waals surface area contributed by atoms with Crippen molar-refractivity contribution in [1.29, 1.82) is 0 Å². The van der Waals surface area contributed by atoms with Gasteiger partial charge in [0.05, 0.1) is 18.3 Å². The molecule has 16 heavy (non-hydrogen) atoms. The lowest BCUT2D eigenvalue weighted by Crippen LogP contribution is -2.24. The molecule has 0 radical (unpaired) electrons. The van der Waals surface area contributed by atoms with Gasteiger partial charge in [-0.05, 0) is 13.5 Å². The number of sulfonamides is 1. The van der Waals surface area contributed by atoms with Crippen LogP contribution in [-0.2, 0) is 23.1 Å². The Balaban J connectivity index is 2.34. The second-order valence-corrected chi connectivity index (χ2v) is 5.46. The molecule has 0 unspecified atom stereocenters. The van der Waals surface area contributed by atoms with Gasteiger partial charge in [-0.3, -0.25) is 0 Å². The third kappa shape index (κ3) is 4.73. The summed E-state index contributed by atoms with van der Waals surface area (Å²) in [5.41, 5.74) is 1.10. The van der Waals surface area contributed by atoms with Crippen LogP contribution in [0.1, 0.15) is 12.1 Å². The van der Waals surface area contributed by atoms with Crippen LogP contribution in [0.4, 0.5) is 0 Å². The smallest absolute Gasteiger partial charge is 0.208 e. The Morgan fingerprint density at radius 2 is 2.25 bits per heavy atom. The molecule has 2 N–H and O–H groups in total. The first kappa shape index (κ1) is 13.1. The minimum Gasteiger partial charge on any atom is -0.333 e. The van der Waals surface area contributed by atoms with E-state index in [9.17, 15) is 8.42 Å². The van der Waals surface area contributed by atoms with E-state index >= 15 is 0 Å². The Labute approximate surface area is 96.1 Å². The molecule has 0 atom stereocenters. The second kappa shape index (κ2) is 5.97. The van der Waals surface area contributed by atoms with Crippen LogP contribution in [0.5, 0.6) is 0 Å². The molecule has 0 saturated heterocycles. The first-order chi connectivity index (χ1) is 7.53. The average Bonchev–Trinajstić information content (AvgIpc) is 2.60. The lowest BCUT2D eigenvalue weighted by molar-refractivity contribution is 0.568. The Bertz CT molecular complexity index is 413. The average molecular weight is 246 g/mol. The van der Waals surface area contributed by atoms with E-state index in [2.05, 4.69) is 15.0 Å². The Morgan fingerprint density at radius 1 is 1.50 bits per heavy atom. The number of nitrogens with zero attached hydrogens (tertiary/aromatic N) is 2. The van der Waals surface area contributed by atoms with Crippen LogP contribution >= 0.6 is 0 Å². The molecule has 92 valence electrons. The highest BCUT2D eigenvalue weighted by atomic mass is 32.2. The van der Waals surface area contributed by atoms with Crippen LogP contribution in [0, 0.1) is 0 Å². The zero-order valence-corrected chi connectivity index (χ0v) is 10.4. The fourth-order valence-corrected chi connectivity index (χ4v) is 1.90. The number of hydrogen-bond acceptors (Lipinski definition) is 4. The molecule has 0 spiro atoms. The minimum atomic E-state index is -3.07. The van der Waals surface area contributed by atoms with Gasteiger partial charge in [-0.1, -0.05) is 0 Å². The van der Waals surface area contributed by atoms with E-state index in [0.717, 1.165) is 31.5 Å². The van der Waals surface area contributed by atoms with Crippen LogP contribution in [-0.4, -0.2) is 37.8 Å². The number of aryl methyl sites for hydroxylation is 1. The van der Waals surface area contributed by atoms with Gasteiger partial charge >= 0.3 is 0 Å². The summed E-state index contributed by atoms with van der Waals surface area (Å²) in [6.45, 7) is 1.98. The van der Waals surface area contributed by atoms with Crippen molar-refractivity contribution in [2.75, 3.05) is 19.8 Å². The summed E-state index contributed by atoms with van der Waals surface area (Å²) in [6, 6.07) is 0. The predicted molar refractivity (Wildman–Crippen MR) is 62.5 cm³/mol. The highest BCUT2D eigenvalue weighted by Crippen LogP contribution is 1.99. The molecule has 0 bridgehead atoms. The maximum absolute atomic E-state index is 10.8. The van der Waals surface area contributed by atoms with Crippen molar-refractivity contribution in [2.24, 2.45) is 0 Å². The van der Waals surface area contributed by atoms with E-state index in [0.29, 0.717) is 6.54 Å². The van der Waals surface area contributed by atoms with Gasteiger partial charge in [0.2, 0.25) is 10.0 Å². The molecule has 0 aliphatic rings. The lowest BCUT2D eigenvalue weighted by Gasteiger charge is -2.07. The largest absolute Gasteiger partial charge is 0.333 e. The molecule has 7 heteroatoms. The van der Waals surface area contributed by atoms with Crippen molar-refractivity contribution in [3.8, 4) is 0 Å². The van der Waals surface area contributed by atoms with E-state index in [1.54, 1.807) is 12.5 Å². The second-order valence-electron chi connectivity index (χ2n) is 3.63. The Morgan fingerprint density at radius 3 is 2.88 bits per heavy atom. The van der Waals surface area contributed by atoms with Crippen molar-refractivity contribution >= 4 is 10.0 Å². The van der Waals surface area contributed by atoms with Crippen LogP contribution in [0.2, 0.25) is 0 Å².